The normalized spacial score (nSPS) is 21.2. The predicted molar refractivity (Wildman–Crippen MR) is 74.1 cm³/mol. The van der Waals surface area contributed by atoms with Gasteiger partial charge in [-0.2, -0.15) is 0 Å². The predicted octanol–water partition coefficient (Wildman–Crippen LogP) is 0.823. The maximum absolute atomic E-state index is 11.4. The van der Waals surface area contributed by atoms with Crippen molar-refractivity contribution in [1.82, 2.24) is 14.8 Å². The van der Waals surface area contributed by atoms with Crippen molar-refractivity contribution >= 4 is 5.91 Å². The summed E-state index contributed by atoms with van der Waals surface area (Å²) in [5, 5.41) is 9.97. The van der Waals surface area contributed by atoms with E-state index in [1.54, 1.807) is 11.2 Å². The Labute approximate surface area is 119 Å². The molecule has 0 aliphatic carbocycles. The average molecular weight is 281 g/mol. The number of aliphatic hydroxyl groups is 1. The molecule has 6 heteroatoms. The highest BCUT2D eigenvalue weighted by Gasteiger charge is 2.23. The molecule has 1 atom stereocenters. The summed E-state index contributed by atoms with van der Waals surface area (Å²) < 4.78 is 5.42. The molecule has 1 saturated heterocycles. The van der Waals surface area contributed by atoms with E-state index >= 15 is 0 Å². The van der Waals surface area contributed by atoms with Crippen molar-refractivity contribution < 1.29 is 14.3 Å². The van der Waals surface area contributed by atoms with Crippen LogP contribution in [-0.2, 0) is 11.3 Å². The topological polar surface area (TPSA) is 69.8 Å². The van der Waals surface area contributed by atoms with Crippen molar-refractivity contribution in [1.29, 1.82) is 0 Å². The summed E-state index contributed by atoms with van der Waals surface area (Å²) in [6.45, 7) is 8.58. The number of rotatable bonds is 3. The van der Waals surface area contributed by atoms with Gasteiger partial charge in [0.05, 0.1) is 11.8 Å². The van der Waals surface area contributed by atoms with Gasteiger partial charge < -0.3 is 14.4 Å². The number of carbonyl (C=O) groups excluding carboxylic acids is 1. The van der Waals surface area contributed by atoms with E-state index < -0.39 is 6.10 Å². The Morgan fingerprint density at radius 1 is 1.50 bits per heavy atom. The Hall–Kier alpha value is -1.40. The molecule has 1 N–H and O–H groups in total. The molecule has 1 aromatic heterocycles. The number of hydrogen-bond acceptors (Lipinski definition) is 5. The largest absolute Gasteiger partial charge is 0.448 e. The third-order valence-electron chi connectivity index (χ3n) is 3.48. The molecule has 6 nitrogen and oxygen atoms in total. The van der Waals surface area contributed by atoms with Gasteiger partial charge in [-0.3, -0.25) is 9.69 Å². The van der Waals surface area contributed by atoms with Gasteiger partial charge in [0.1, 0.15) is 6.26 Å². The molecule has 1 aliphatic heterocycles. The zero-order valence-corrected chi connectivity index (χ0v) is 12.4. The Morgan fingerprint density at radius 3 is 2.85 bits per heavy atom. The lowest BCUT2D eigenvalue weighted by Gasteiger charge is -2.19. The van der Waals surface area contributed by atoms with Crippen LogP contribution in [0.5, 0.6) is 0 Å². The zero-order valence-electron chi connectivity index (χ0n) is 12.4. The molecule has 20 heavy (non-hydrogen) atoms. The Kier molecular flexibility index (Phi) is 4.77. The second-order valence-electron chi connectivity index (χ2n) is 5.69. The molecule has 1 aromatic rings. The molecule has 0 radical (unpaired) electrons. The van der Waals surface area contributed by atoms with E-state index in [1.807, 2.05) is 13.8 Å². The third kappa shape index (κ3) is 3.80. The summed E-state index contributed by atoms with van der Waals surface area (Å²) in [6, 6.07) is 0. The fourth-order valence-electron chi connectivity index (χ4n) is 2.37. The molecule has 1 fully saturated rings. The van der Waals surface area contributed by atoms with E-state index in [2.05, 4.69) is 9.88 Å². The van der Waals surface area contributed by atoms with Gasteiger partial charge in [-0.25, -0.2) is 4.98 Å². The number of aliphatic hydroxyl groups excluding tert-OH is 1. The summed E-state index contributed by atoms with van der Waals surface area (Å²) in [5.74, 6) is 1.02. The number of aromatic nitrogens is 1. The SMILES string of the molecule is CC(=O)N1CCN(Cc2coc(C(C)C)n2)CC(O)C1. The minimum absolute atomic E-state index is 0.00873. The average Bonchev–Trinajstić information content (AvgIpc) is 2.74. The van der Waals surface area contributed by atoms with Gasteiger partial charge in [0.25, 0.3) is 0 Å². The standard InChI is InChI=1S/C14H23N3O3/c1-10(2)14-15-12(9-20-14)6-16-4-5-17(11(3)18)8-13(19)7-16/h9-10,13,19H,4-8H2,1-3H3. The van der Waals surface area contributed by atoms with E-state index in [0.29, 0.717) is 26.2 Å². The summed E-state index contributed by atoms with van der Waals surface area (Å²) >= 11 is 0. The summed E-state index contributed by atoms with van der Waals surface area (Å²) in [5.41, 5.74) is 0.872. The number of carbonyl (C=O) groups is 1. The number of amides is 1. The maximum Gasteiger partial charge on any atom is 0.219 e. The van der Waals surface area contributed by atoms with E-state index in [1.165, 1.54) is 6.92 Å². The van der Waals surface area contributed by atoms with Gasteiger partial charge in [0, 0.05) is 45.6 Å². The number of oxazole rings is 1. The number of β-amino-alcohol motifs (C(OH)–C–C–N with tert-alkyl or cyclic N) is 1. The monoisotopic (exact) mass is 281 g/mol. The molecule has 2 heterocycles. The molecular weight excluding hydrogens is 258 g/mol. The van der Waals surface area contributed by atoms with Gasteiger partial charge in [-0.05, 0) is 0 Å². The molecule has 0 aromatic carbocycles. The van der Waals surface area contributed by atoms with Crippen molar-refractivity contribution in [2.24, 2.45) is 0 Å². The molecule has 1 unspecified atom stereocenters. The molecule has 112 valence electrons. The third-order valence-corrected chi connectivity index (χ3v) is 3.48. The lowest BCUT2D eigenvalue weighted by Crippen LogP contribution is -2.36. The van der Waals surface area contributed by atoms with Crippen LogP contribution in [0.1, 0.15) is 38.3 Å². The van der Waals surface area contributed by atoms with Gasteiger partial charge in [0.2, 0.25) is 5.91 Å². The molecule has 1 aliphatic rings. The minimum Gasteiger partial charge on any atom is -0.448 e. The first-order valence-corrected chi connectivity index (χ1v) is 7.06. The van der Waals surface area contributed by atoms with Crippen LogP contribution in [0.25, 0.3) is 0 Å². The fraction of sp³-hybridized carbons (Fsp3) is 0.714. The lowest BCUT2D eigenvalue weighted by molar-refractivity contribution is -0.129. The Bertz CT molecular complexity index is 458. The maximum atomic E-state index is 11.4. The van der Waals surface area contributed by atoms with E-state index in [4.69, 9.17) is 4.42 Å². The van der Waals surface area contributed by atoms with Crippen molar-refractivity contribution in [2.75, 3.05) is 26.2 Å². The molecule has 2 rings (SSSR count). The van der Waals surface area contributed by atoms with E-state index in [0.717, 1.165) is 18.1 Å². The first-order chi connectivity index (χ1) is 9.45. The van der Waals surface area contributed by atoms with Crippen LogP contribution in [0.2, 0.25) is 0 Å². The van der Waals surface area contributed by atoms with Gasteiger partial charge in [-0.1, -0.05) is 13.8 Å². The van der Waals surface area contributed by atoms with E-state index in [9.17, 15) is 9.90 Å². The smallest absolute Gasteiger partial charge is 0.219 e. The van der Waals surface area contributed by atoms with Gasteiger partial charge in [0.15, 0.2) is 5.89 Å². The first-order valence-electron chi connectivity index (χ1n) is 7.06. The summed E-state index contributed by atoms with van der Waals surface area (Å²) in [4.78, 5) is 19.6. The van der Waals surface area contributed by atoms with Crippen LogP contribution in [0.4, 0.5) is 0 Å². The molecule has 0 saturated carbocycles. The second-order valence-corrected chi connectivity index (χ2v) is 5.69. The lowest BCUT2D eigenvalue weighted by atomic mass is 10.2. The van der Waals surface area contributed by atoms with Crippen LogP contribution in [0.3, 0.4) is 0 Å². The van der Waals surface area contributed by atoms with Crippen molar-refractivity contribution in [3.8, 4) is 0 Å². The first kappa shape index (κ1) is 15.0. The quantitative estimate of drug-likeness (QED) is 0.888. The Balaban J connectivity index is 1.96. The minimum atomic E-state index is -0.516. The van der Waals surface area contributed by atoms with Crippen LogP contribution in [0.15, 0.2) is 10.7 Å². The van der Waals surface area contributed by atoms with Crippen LogP contribution in [0, 0.1) is 0 Å². The number of nitrogens with zero attached hydrogens (tertiary/aromatic N) is 3. The van der Waals surface area contributed by atoms with Crippen LogP contribution < -0.4 is 0 Å². The van der Waals surface area contributed by atoms with Gasteiger partial charge >= 0.3 is 0 Å². The summed E-state index contributed by atoms with van der Waals surface area (Å²) in [6.07, 6.45) is 1.16. The van der Waals surface area contributed by atoms with E-state index in [-0.39, 0.29) is 11.8 Å². The van der Waals surface area contributed by atoms with Crippen LogP contribution >= 0.6 is 0 Å². The molecule has 0 bridgehead atoms. The van der Waals surface area contributed by atoms with Crippen molar-refractivity contribution in [3.63, 3.8) is 0 Å². The van der Waals surface area contributed by atoms with Crippen LogP contribution in [-0.4, -0.2) is 58.1 Å². The van der Waals surface area contributed by atoms with Crippen molar-refractivity contribution in [2.45, 2.75) is 39.3 Å². The number of hydrogen-bond donors (Lipinski definition) is 1. The fourth-order valence-corrected chi connectivity index (χ4v) is 2.37. The highest BCUT2D eigenvalue weighted by molar-refractivity contribution is 5.73. The Morgan fingerprint density at radius 2 is 2.25 bits per heavy atom. The summed E-state index contributed by atoms with van der Waals surface area (Å²) in [7, 11) is 0. The molecule has 0 spiro atoms. The zero-order chi connectivity index (χ0) is 14.7. The second kappa shape index (κ2) is 6.37. The molecule has 1 amide bonds. The highest BCUT2D eigenvalue weighted by Crippen LogP contribution is 2.15. The van der Waals surface area contributed by atoms with Gasteiger partial charge in [-0.15, -0.1) is 0 Å². The molecular formula is C14H23N3O3. The van der Waals surface area contributed by atoms with Crippen molar-refractivity contribution in [3.05, 3.63) is 17.8 Å². The highest BCUT2D eigenvalue weighted by atomic mass is 16.3.